The summed E-state index contributed by atoms with van der Waals surface area (Å²) in [6.45, 7) is 0.962. The lowest BCUT2D eigenvalue weighted by Gasteiger charge is -2.25. The second kappa shape index (κ2) is 16.3. The van der Waals surface area contributed by atoms with Crippen LogP contribution in [0.2, 0.25) is 10.0 Å². The van der Waals surface area contributed by atoms with E-state index in [1.807, 2.05) is 37.5 Å². The van der Waals surface area contributed by atoms with Crippen LogP contribution in [0.4, 0.5) is 0 Å². The van der Waals surface area contributed by atoms with Gasteiger partial charge in [0.25, 0.3) is 0 Å². The summed E-state index contributed by atoms with van der Waals surface area (Å²) in [5.41, 5.74) is 5.47. The number of amides is 1. The number of hydrogen-bond donors (Lipinski definition) is 6. The fourth-order valence-electron chi connectivity index (χ4n) is 6.28. The van der Waals surface area contributed by atoms with E-state index in [1.54, 1.807) is 0 Å². The Hall–Kier alpha value is -2.76. The molecule has 0 bridgehead atoms. The van der Waals surface area contributed by atoms with Crippen LogP contribution in [0.15, 0.2) is 54.9 Å². The van der Waals surface area contributed by atoms with Crippen molar-refractivity contribution in [3.63, 3.8) is 0 Å². The molecule has 2 fully saturated rings. The van der Waals surface area contributed by atoms with Crippen LogP contribution in [-0.2, 0) is 16.6 Å². The van der Waals surface area contributed by atoms with Crippen molar-refractivity contribution in [2.24, 2.45) is 0 Å². The summed E-state index contributed by atoms with van der Waals surface area (Å²) >= 11 is 13.6. The molecule has 3 aromatic rings. The summed E-state index contributed by atoms with van der Waals surface area (Å²) in [5, 5.41) is 51.8. The van der Waals surface area contributed by atoms with Gasteiger partial charge in [-0.05, 0) is 109 Å². The third-order valence-corrected chi connectivity index (χ3v) is 10.4. The van der Waals surface area contributed by atoms with Crippen LogP contribution >= 0.6 is 23.2 Å². The molecule has 11 heteroatoms. The zero-order valence-corrected chi connectivity index (χ0v) is 28.7. The van der Waals surface area contributed by atoms with E-state index in [9.17, 15) is 25.2 Å². The number of aryl methyl sites for hydroxylation is 1. The van der Waals surface area contributed by atoms with Crippen molar-refractivity contribution in [1.29, 1.82) is 0 Å². The van der Waals surface area contributed by atoms with E-state index >= 15 is 0 Å². The first-order valence-electron chi connectivity index (χ1n) is 16.8. The molecule has 5 rings (SSSR count). The zero-order chi connectivity index (χ0) is 34.4. The molecule has 2 saturated carbocycles. The van der Waals surface area contributed by atoms with Crippen molar-refractivity contribution >= 4 is 29.1 Å². The molecule has 48 heavy (non-hydrogen) atoms. The number of halogens is 2. The number of hydrogen-bond acceptors (Lipinski definition) is 8. The monoisotopic (exact) mass is 700 g/mol. The number of pyridine rings is 1. The maximum atomic E-state index is 12.3. The van der Waals surface area contributed by atoms with Gasteiger partial charge >= 0.3 is 0 Å². The van der Waals surface area contributed by atoms with Gasteiger partial charge in [-0.2, -0.15) is 0 Å². The predicted molar refractivity (Wildman–Crippen MR) is 185 cm³/mol. The normalized spacial score (nSPS) is 18.4. The van der Waals surface area contributed by atoms with E-state index in [1.165, 1.54) is 11.1 Å². The van der Waals surface area contributed by atoms with Gasteiger partial charge in [-0.15, -0.1) is 0 Å². The maximum absolute atomic E-state index is 12.3. The molecule has 1 unspecified atom stereocenters. The van der Waals surface area contributed by atoms with Gasteiger partial charge in [0.05, 0.1) is 18.8 Å². The maximum Gasteiger partial charge on any atom is 0.220 e. The number of ether oxygens (including phenoxy) is 1. The Morgan fingerprint density at radius 1 is 1.02 bits per heavy atom. The molecule has 2 aliphatic carbocycles. The molecule has 6 N–H and O–H groups in total. The standard InChI is InChI=1S/C37H46Cl2N2O7/c1-22(5-4-8-34(45)41-20-31(43)35(46)36(47)32(44)21-42)27-18-29(38)23(17-30(27)39)11-13-37(14-15-37)28-19-40-16-12-25(28)26-6-2-3-7-33(26)48-24-9-10-24/h2-3,6-7,12,16-19,22,24,31-32,35-36,42-44,46-47H,4-5,8-11,13-15,20-21H2,1H3,(H,41,45)/t22?,31-,32+,35+,36+/m0/s1. The van der Waals surface area contributed by atoms with E-state index in [-0.39, 0.29) is 30.2 Å². The number of para-hydroxylation sites is 1. The Morgan fingerprint density at radius 2 is 1.75 bits per heavy atom. The third-order valence-electron chi connectivity index (χ3n) is 9.69. The van der Waals surface area contributed by atoms with Gasteiger partial charge in [0.1, 0.15) is 24.1 Å². The molecule has 1 amide bonds. The highest BCUT2D eigenvalue weighted by Gasteiger charge is 2.45. The number of carbonyl (C=O) groups is 1. The Morgan fingerprint density at radius 3 is 2.46 bits per heavy atom. The quantitative estimate of drug-likeness (QED) is 0.107. The van der Waals surface area contributed by atoms with Gasteiger partial charge in [-0.1, -0.05) is 48.3 Å². The highest BCUT2D eigenvalue weighted by atomic mass is 35.5. The van der Waals surface area contributed by atoms with Crippen LogP contribution in [0.5, 0.6) is 5.75 Å². The highest BCUT2D eigenvalue weighted by Crippen LogP contribution is 2.55. The lowest BCUT2D eigenvalue weighted by Crippen LogP contribution is -2.49. The van der Waals surface area contributed by atoms with E-state index in [4.69, 9.17) is 33.0 Å². The Kier molecular flexibility index (Phi) is 12.4. The lowest BCUT2D eigenvalue weighted by atomic mass is 9.85. The molecule has 0 radical (unpaired) electrons. The Balaban J connectivity index is 1.15. The zero-order valence-electron chi connectivity index (χ0n) is 27.2. The molecule has 2 aromatic carbocycles. The topological polar surface area (TPSA) is 152 Å². The van der Waals surface area contributed by atoms with Crippen molar-refractivity contribution in [2.75, 3.05) is 13.2 Å². The smallest absolute Gasteiger partial charge is 0.220 e. The van der Waals surface area contributed by atoms with Gasteiger partial charge in [-0.3, -0.25) is 9.78 Å². The minimum atomic E-state index is -1.74. The first-order valence-corrected chi connectivity index (χ1v) is 17.6. The second-order valence-corrected chi connectivity index (χ2v) is 14.2. The molecule has 1 aromatic heterocycles. The highest BCUT2D eigenvalue weighted by molar-refractivity contribution is 6.34. The second-order valence-electron chi connectivity index (χ2n) is 13.4. The summed E-state index contributed by atoms with van der Waals surface area (Å²) in [5.74, 6) is 0.648. The first-order chi connectivity index (χ1) is 23.0. The van der Waals surface area contributed by atoms with Gasteiger partial charge in [0.2, 0.25) is 5.91 Å². The molecule has 5 atom stereocenters. The van der Waals surface area contributed by atoms with Gasteiger partial charge < -0.3 is 35.6 Å². The van der Waals surface area contributed by atoms with E-state index in [0.717, 1.165) is 61.0 Å². The molecular formula is C37H46Cl2N2O7. The van der Waals surface area contributed by atoms with Crippen molar-refractivity contribution < 1.29 is 35.1 Å². The van der Waals surface area contributed by atoms with Crippen molar-refractivity contribution in [1.82, 2.24) is 10.3 Å². The number of nitrogens with one attached hydrogen (secondary N) is 1. The summed E-state index contributed by atoms with van der Waals surface area (Å²) in [7, 11) is 0. The molecule has 260 valence electrons. The van der Waals surface area contributed by atoms with Crippen LogP contribution in [0.3, 0.4) is 0 Å². The fraction of sp³-hybridized carbons (Fsp3) is 0.514. The van der Waals surface area contributed by atoms with Crippen molar-refractivity contribution in [3.05, 3.63) is 81.6 Å². The minimum Gasteiger partial charge on any atom is -0.490 e. The number of carbonyl (C=O) groups excluding carboxylic acids is 1. The number of nitrogens with zero attached hydrogens (tertiary/aromatic N) is 1. The summed E-state index contributed by atoms with van der Waals surface area (Å²) < 4.78 is 6.26. The molecule has 0 saturated heterocycles. The van der Waals surface area contributed by atoms with E-state index < -0.39 is 31.0 Å². The van der Waals surface area contributed by atoms with Gasteiger partial charge in [0.15, 0.2) is 0 Å². The number of aliphatic hydroxyl groups is 5. The predicted octanol–water partition coefficient (Wildman–Crippen LogP) is 5.09. The fourth-order valence-corrected chi connectivity index (χ4v) is 6.91. The number of rotatable bonds is 18. The van der Waals surface area contributed by atoms with Crippen LogP contribution in [0.25, 0.3) is 11.1 Å². The molecule has 9 nitrogen and oxygen atoms in total. The first kappa shape index (κ1) is 36.5. The van der Waals surface area contributed by atoms with Crippen LogP contribution in [-0.4, -0.2) is 80.1 Å². The SMILES string of the molecule is CC(CCCC(=O)NC[C@H](O)[C@@H](O)[C@H](O)[C@H](O)CO)c1cc(Cl)c(CCC2(c3cnccc3-c3ccccc3OC3CC3)CC2)cc1Cl. The van der Waals surface area contributed by atoms with Crippen LogP contribution in [0, 0.1) is 0 Å². The number of aromatic nitrogens is 1. The van der Waals surface area contributed by atoms with Crippen LogP contribution < -0.4 is 10.1 Å². The number of benzene rings is 2. The van der Waals surface area contributed by atoms with Crippen LogP contribution in [0.1, 0.15) is 80.9 Å². The van der Waals surface area contributed by atoms with Gasteiger partial charge in [-0.25, -0.2) is 0 Å². The largest absolute Gasteiger partial charge is 0.490 e. The van der Waals surface area contributed by atoms with E-state index in [2.05, 4.69) is 34.6 Å². The Labute approximate surface area is 291 Å². The minimum absolute atomic E-state index is 0.0211. The Bertz CT molecular complexity index is 1550. The third kappa shape index (κ3) is 9.07. The molecule has 1 heterocycles. The number of aliphatic hydroxyl groups excluding tert-OH is 5. The van der Waals surface area contributed by atoms with Gasteiger partial charge in [0, 0.05) is 41.0 Å². The summed E-state index contributed by atoms with van der Waals surface area (Å²) in [6.07, 6.45) is 5.09. The van der Waals surface area contributed by atoms with Crippen molar-refractivity contribution in [2.45, 2.75) is 107 Å². The average molecular weight is 702 g/mol. The molecule has 0 spiro atoms. The van der Waals surface area contributed by atoms with E-state index in [0.29, 0.717) is 29.0 Å². The molecule has 0 aliphatic heterocycles. The van der Waals surface area contributed by atoms with Crippen molar-refractivity contribution in [3.8, 4) is 16.9 Å². The summed E-state index contributed by atoms with van der Waals surface area (Å²) in [6, 6.07) is 14.3. The summed E-state index contributed by atoms with van der Waals surface area (Å²) in [4.78, 5) is 16.8. The molecular weight excluding hydrogens is 655 g/mol. The lowest BCUT2D eigenvalue weighted by molar-refractivity contribution is -0.126. The molecule has 2 aliphatic rings. The average Bonchev–Trinajstić information content (AvgIpc) is 4.04.